The molecule has 2 N–H and O–H groups in total. The minimum absolute atomic E-state index is 0.0415. The number of hydrogen-bond acceptors (Lipinski definition) is 2. The van der Waals surface area contributed by atoms with E-state index in [9.17, 15) is 9.59 Å². The highest BCUT2D eigenvalue weighted by Gasteiger charge is 2.27. The molecule has 4 rings (SSSR count). The van der Waals surface area contributed by atoms with Gasteiger partial charge in [0.15, 0.2) is 0 Å². The predicted molar refractivity (Wildman–Crippen MR) is 97.3 cm³/mol. The molecule has 0 saturated carbocycles. The van der Waals surface area contributed by atoms with Crippen molar-refractivity contribution in [1.82, 2.24) is 10.3 Å². The molecule has 0 radical (unpaired) electrons. The van der Waals surface area contributed by atoms with Crippen molar-refractivity contribution in [3.8, 4) is 0 Å². The van der Waals surface area contributed by atoms with Crippen molar-refractivity contribution in [2.75, 3.05) is 0 Å². The number of fused-ring (bicyclic) bond motifs is 2. The maximum Gasteiger partial charge on any atom is 0.293 e. The lowest BCUT2D eigenvalue weighted by Crippen LogP contribution is -2.35. The second-order valence-corrected chi connectivity index (χ2v) is 6.31. The SMILES string of the molecule is CC1=C(C)C2C=CC(=NC(=O)c3cc4ccccc4[nH]3)C=C2NC1=O. The Morgan fingerprint density at radius 1 is 1.20 bits per heavy atom. The number of para-hydroxylation sites is 1. The number of benzene rings is 1. The molecule has 1 aliphatic heterocycles. The number of nitrogens with one attached hydrogen (secondary N) is 2. The second-order valence-electron chi connectivity index (χ2n) is 6.31. The average Bonchev–Trinajstić information content (AvgIpc) is 3.04. The highest BCUT2D eigenvalue weighted by molar-refractivity contribution is 6.14. The summed E-state index contributed by atoms with van der Waals surface area (Å²) >= 11 is 0. The molecule has 2 aromatic rings. The molecule has 25 heavy (non-hydrogen) atoms. The Kier molecular flexibility index (Phi) is 3.50. The van der Waals surface area contributed by atoms with Gasteiger partial charge in [-0.2, -0.15) is 0 Å². The molecule has 5 nitrogen and oxygen atoms in total. The number of aliphatic imine (C=N–C) groups is 1. The molecule has 1 atom stereocenters. The van der Waals surface area contributed by atoms with Gasteiger partial charge in [-0.15, -0.1) is 0 Å². The summed E-state index contributed by atoms with van der Waals surface area (Å²) in [6, 6.07) is 9.49. The van der Waals surface area contributed by atoms with Gasteiger partial charge in [-0.05, 0) is 38.1 Å². The third-order valence-electron chi connectivity index (χ3n) is 4.75. The second kappa shape index (κ2) is 5.70. The van der Waals surface area contributed by atoms with Crippen molar-refractivity contribution in [3.63, 3.8) is 0 Å². The minimum Gasteiger partial charge on any atom is -0.350 e. The monoisotopic (exact) mass is 331 g/mol. The van der Waals surface area contributed by atoms with Gasteiger partial charge in [0, 0.05) is 28.1 Å². The van der Waals surface area contributed by atoms with E-state index in [0.29, 0.717) is 11.4 Å². The van der Waals surface area contributed by atoms with Gasteiger partial charge in [-0.1, -0.05) is 29.8 Å². The maximum atomic E-state index is 12.4. The standard InChI is InChI=1S/C20H17N3O2/c1-11-12(2)19(24)23-17-10-14(7-8-15(11)17)21-20(25)18-9-13-5-3-4-6-16(13)22-18/h3-10,15,22H,1-2H3,(H,23,24). The zero-order valence-corrected chi connectivity index (χ0v) is 14.0. The lowest BCUT2D eigenvalue weighted by Gasteiger charge is -2.28. The van der Waals surface area contributed by atoms with Crippen LogP contribution >= 0.6 is 0 Å². The fraction of sp³-hybridized carbons (Fsp3) is 0.150. The Morgan fingerprint density at radius 3 is 2.80 bits per heavy atom. The Bertz CT molecular complexity index is 1000. The first-order chi connectivity index (χ1) is 12.0. The Labute approximate surface area is 144 Å². The zero-order chi connectivity index (χ0) is 17.6. The van der Waals surface area contributed by atoms with Crippen LogP contribution in [0.1, 0.15) is 24.3 Å². The number of carbonyl (C=O) groups is 2. The van der Waals surface area contributed by atoms with Gasteiger partial charge in [-0.3, -0.25) is 9.59 Å². The van der Waals surface area contributed by atoms with Crippen LogP contribution in [0.25, 0.3) is 10.9 Å². The fourth-order valence-electron chi connectivity index (χ4n) is 3.16. The molecular weight excluding hydrogens is 314 g/mol. The quantitative estimate of drug-likeness (QED) is 0.841. The Balaban J connectivity index is 1.65. The normalized spacial score (nSPS) is 21.4. The summed E-state index contributed by atoms with van der Waals surface area (Å²) < 4.78 is 0. The molecule has 0 fully saturated rings. The van der Waals surface area contributed by atoms with Crippen molar-refractivity contribution in [2.24, 2.45) is 10.9 Å². The molecule has 2 amide bonds. The van der Waals surface area contributed by atoms with E-state index in [1.807, 2.05) is 50.3 Å². The highest BCUT2D eigenvalue weighted by atomic mass is 16.2. The number of rotatable bonds is 1. The molecule has 1 aromatic heterocycles. The lowest BCUT2D eigenvalue weighted by molar-refractivity contribution is -0.117. The number of aromatic amines is 1. The van der Waals surface area contributed by atoms with Crippen LogP contribution in [0.4, 0.5) is 0 Å². The summed E-state index contributed by atoms with van der Waals surface area (Å²) in [6.45, 7) is 3.77. The smallest absolute Gasteiger partial charge is 0.293 e. The molecule has 0 spiro atoms. The number of amides is 2. The number of H-pyrrole nitrogens is 1. The highest BCUT2D eigenvalue weighted by Crippen LogP contribution is 2.29. The summed E-state index contributed by atoms with van der Waals surface area (Å²) in [5.41, 5.74) is 4.40. The van der Waals surface area contributed by atoms with Crippen molar-refractivity contribution >= 4 is 28.4 Å². The first-order valence-electron chi connectivity index (χ1n) is 8.12. The number of hydrogen-bond donors (Lipinski definition) is 2. The summed E-state index contributed by atoms with van der Waals surface area (Å²) in [5.74, 6) is -0.395. The Hall–Kier alpha value is -3.21. The van der Waals surface area contributed by atoms with Gasteiger partial charge in [0.25, 0.3) is 11.8 Å². The van der Waals surface area contributed by atoms with E-state index in [-0.39, 0.29) is 17.7 Å². The molecule has 124 valence electrons. The minimum atomic E-state index is -0.336. The molecule has 0 bridgehead atoms. The third-order valence-corrected chi connectivity index (χ3v) is 4.75. The van der Waals surface area contributed by atoms with Crippen LogP contribution in [0, 0.1) is 5.92 Å². The predicted octanol–water partition coefficient (Wildman–Crippen LogP) is 3.29. The molecule has 5 heteroatoms. The zero-order valence-electron chi connectivity index (χ0n) is 14.0. The fourth-order valence-corrected chi connectivity index (χ4v) is 3.16. The van der Waals surface area contributed by atoms with Crippen LogP contribution in [0.15, 0.2) is 70.4 Å². The van der Waals surface area contributed by atoms with E-state index in [4.69, 9.17) is 0 Å². The maximum absolute atomic E-state index is 12.4. The largest absolute Gasteiger partial charge is 0.350 e. The number of allylic oxidation sites excluding steroid dienone is 3. The summed E-state index contributed by atoms with van der Waals surface area (Å²) in [6.07, 6.45) is 5.55. The third kappa shape index (κ3) is 2.63. The van der Waals surface area contributed by atoms with Crippen molar-refractivity contribution in [1.29, 1.82) is 0 Å². The summed E-state index contributed by atoms with van der Waals surface area (Å²) in [4.78, 5) is 31.7. The Morgan fingerprint density at radius 2 is 2.00 bits per heavy atom. The van der Waals surface area contributed by atoms with Crippen molar-refractivity contribution in [2.45, 2.75) is 13.8 Å². The van der Waals surface area contributed by atoms with Gasteiger partial charge in [0.05, 0.1) is 5.71 Å². The summed E-state index contributed by atoms with van der Waals surface area (Å²) in [7, 11) is 0. The van der Waals surface area contributed by atoms with Gasteiger partial charge in [-0.25, -0.2) is 4.99 Å². The first kappa shape index (κ1) is 15.3. The van der Waals surface area contributed by atoms with E-state index in [1.54, 1.807) is 12.1 Å². The van der Waals surface area contributed by atoms with Crippen LogP contribution in [0.5, 0.6) is 0 Å². The van der Waals surface area contributed by atoms with Gasteiger partial charge < -0.3 is 10.3 Å². The van der Waals surface area contributed by atoms with E-state index in [1.165, 1.54) is 0 Å². The molecule has 1 aliphatic carbocycles. The first-order valence-corrected chi connectivity index (χ1v) is 8.12. The number of carbonyl (C=O) groups excluding carboxylic acids is 2. The van der Waals surface area contributed by atoms with Gasteiger partial charge in [0.1, 0.15) is 5.69 Å². The number of aromatic nitrogens is 1. The molecule has 2 aliphatic rings. The van der Waals surface area contributed by atoms with Gasteiger partial charge >= 0.3 is 0 Å². The van der Waals surface area contributed by atoms with Crippen LogP contribution in [0.2, 0.25) is 0 Å². The van der Waals surface area contributed by atoms with Crippen LogP contribution in [0.3, 0.4) is 0 Å². The topological polar surface area (TPSA) is 74.3 Å². The average molecular weight is 331 g/mol. The molecule has 1 unspecified atom stereocenters. The van der Waals surface area contributed by atoms with Crippen LogP contribution in [-0.4, -0.2) is 22.5 Å². The van der Waals surface area contributed by atoms with Crippen LogP contribution < -0.4 is 5.32 Å². The van der Waals surface area contributed by atoms with E-state index < -0.39 is 0 Å². The van der Waals surface area contributed by atoms with Crippen LogP contribution in [-0.2, 0) is 4.79 Å². The molecule has 1 aromatic carbocycles. The molecule has 2 heterocycles. The lowest BCUT2D eigenvalue weighted by atomic mass is 9.85. The van der Waals surface area contributed by atoms with Crippen molar-refractivity contribution in [3.05, 3.63) is 71.1 Å². The van der Waals surface area contributed by atoms with Gasteiger partial charge in [0.2, 0.25) is 0 Å². The van der Waals surface area contributed by atoms with Crippen molar-refractivity contribution < 1.29 is 9.59 Å². The van der Waals surface area contributed by atoms with E-state index >= 15 is 0 Å². The van der Waals surface area contributed by atoms with E-state index in [0.717, 1.165) is 27.7 Å². The summed E-state index contributed by atoms with van der Waals surface area (Å²) in [5, 5.41) is 3.85. The molecular formula is C20H17N3O2. The van der Waals surface area contributed by atoms with E-state index in [2.05, 4.69) is 15.3 Å². The molecule has 0 saturated heterocycles. The number of nitrogens with zero attached hydrogens (tertiary/aromatic N) is 1.